The lowest BCUT2D eigenvalue weighted by atomic mass is 9.94. The van der Waals surface area contributed by atoms with Gasteiger partial charge in [0.25, 0.3) is 0 Å². The van der Waals surface area contributed by atoms with E-state index in [2.05, 4.69) is 0 Å². The van der Waals surface area contributed by atoms with E-state index in [9.17, 15) is 9.59 Å². The van der Waals surface area contributed by atoms with Gasteiger partial charge in [0.15, 0.2) is 0 Å². The van der Waals surface area contributed by atoms with Gasteiger partial charge in [0.1, 0.15) is 11.4 Å². The number of rotatable bonds is 2. The Morgan fingerprint density at radius 3 is 2.44 bits per heavy atom. The van der Waals surface area contributed by atoms with E-state index >= 15 is 0 Å². The third-order valence-corrected chi connectivity index (χ3v) is 3.18. The minimum atomic E-state index is -0.456. The maximum Gasteiger partial charge on any atom is 0.410 e. The van der Waals surface area contributed by atoms with E-state index in [-0.39, 0.29) is 12.0 Å². The molecule has 1 amide bonds. The molecule has 0 aromatic heterocycles. The number of hydrogen-bond acceptors (Lipinski definition) is 3. The van der Waals surface area contributed by atoms with E-state index in [1.165, 1.54) is 0 Å². The highest BCUT2D eigenvalue weighted by Gasteiger charge is 2.26. The van der Waals surface area contributed by atoms with Gasteiger partial charge < -0.3 is 9.64 Å². The van der Waals surface area contributed by atoms with Crippen molar-refractivity contribution in [1.29, 1.82) is 0 Å². The van der Waals surface area contributed by atoms with Crippen molar-refractivity contribution < 1.29 is 14.3 Å². The second-order valence-corrected chi connectivity index (χ2v) is 5.92. The lowest BCUT2D eigenvalue weighted by Crippen LogP contribution is -2.37. The Kier molecular flexibility index (Phi) is 5.17. The molecule has 0 saturated carbocycles. The van der Waals surface area contributed by atoms with E-state index in [0.717, 1.165) is 19.3 Å². The first-order chi connectivity index (χ1) is 8.33. The largest absolute Gasteiger partial charge is 0.444 e. The first-order valence-electron chi connectivity index (χ1n) is 6.84. The summed E-state index contributed by atoms with van der Waals surface area (Å²) in [6.45, 7) is 8.83. The molecule has 0 radical (unpaired) electrons. The first kappa shape index (κ1) is 15.0. The van der Waals surface area contributed by atoms with Crippen LogP contribution in [0.3, 0.4) is 0 Å². The van der Waals surface area contributed by atoms with Crippen molar-refractivity contribution in [2.45, 2.75) is 59.0 Å². The van der Waals surface area contributed by atoms with Crippen molar-refractivity contribution in [3.8, 4) is 0 Å². The number of likely N-dealkylation sites (tertiary alicyclic amines) is 1. The van der Waals surface area contributed by atoms with Crippen molar-refractivity contribution in [2.75, 3.05) is 13.1 Å². The predicted molar refractivity (Wildman–Crippen MR) is 70.4 cm³/mol. The average Bonchev–Trinajstić information content (AvgIpc) is 2.51. The fraction of sp³-hybridized carbons (Fsp3) is 0.857. The van der Waals surface area contributed by atoms with Crippen molar-refractivity contribution in [2.24, 2.45) is 5.92 Å². The summed E-state index contributed by atoms with van der Waals surface area (Å²) in [5, 5.41) is 0. The molecule has 1 aliphatic rings. The molecule has 0 N–H and O–H groups in total. The lowest BCUT2D eigenvalue weighted by Gasteiger charge is -2.26. The van der Waals surface area contributed by atoms with Crippen LogP contribution in [0.2, 0.25) is 0 Å². The molecule has 4 heteroatoms. The molecule has 0 aliphatic carbocycles. The molecule has 18 heavy (non-hydrogen) atoms. The predicted octanol–water partition coefficient (Wildman–Crippen LogP) is 3.00. The minimum absolute atomic E-state index is 0.127. The molecule has 104 valence electrons. The van der Waals surface area contributed by atoms with Crippen LogP contribution in [0.5, 0.6) is 0 Å². The summed E-state index contributed by atoms with van der Waals surface area (Å²) in [5.41, 5.74) is -0.456. The minimum Gasteiger partial charge on any atom is -0.444 e. The molecular weight excluding hydrogens is 230 g/mol. The highest BCUT2D eigenvalue weighted by molar-refractivity contribution is 5.80. The van der Waals surface area contributed by atoms with Crippen LogP contribution in [0.4, 0.5) is 4.79 Å². The van der Waals surface area contributed by atoms with Crippen LogP contribution >= 0.6 is 0 Å². The van der Waals surface area contributed by atoms with Crippen molar-refractivity contribution in [1.82, 2.24) is 4.90 Å². The summed E-state index contributed by atoms with van der Waals surface area (Å²) in [7, 11) is 0. The zero-order chi connectivity index (χ0) is 13.8. The SMILES string of the molecule is CCC(=O)C1CCCN(C(=O)OC(C)(C)C)CC1. The van der Waals surface area contributed by atoms with Crippen LogP contribution in [0, 0.1) is 5.92 Å². The quantitative estimate of drug-likeness (QED) is 0.762. The topological polar surface area (TPSA) is 46.6 Å². The molecule has 1 fully saturated rings. The molecule has 4 nitrogen and oxygen atoms in total. The lowest BCUT2D eigenvalue weighted by molar-refractivity contribution is -0.122. The summed E-state index contributed by atoms with van der Waals surface area (Å²) >= 11 is 0. The molecule has 1 saturated heterocycles. The molecule has 0 aromatic carbocycles. The molecule has 0 spiro atoms. The molecule has 1 unspecified atom stereocenters. The van der Waals surface area contributed by atoms with E-state index in [0.29, 0.717) is 25.3 Å². The number of hydrogen-bond donors (Lipinski definition) is 0. The Hall–Kier alpha value is -1.06. The molecule has 1 atom stereocenters. The van der Waals surface area contributed by atoms with E-state index < -0.39 is 5.60 Å². The van der Waals surface area contributed by atoms with E-state index in [4.69, 9.17) is 4.74 Å². The molecule has 1 rings (SSSR count). The second-order valence-electron chi connectivity index (χ2n) is 5.92. The van der Waals surface area contributed by atoms with Crippen LogP contribution < -0.4 is 0 Å². The third kappa shape index (κ3) is 4.67. The summed E-state index contributed by atoms with van der Waals surface area (Å²) in [4.78, 5) is 25.4. The van der Waals surface area contributed by atoms with Crippen LogP contribution in [-0.2, 0) is 9.53 Å². The number of Topliss-reactive ketones (excluding diaryl/α,β-unsaturated/α-hetero) is 1. The number of carbonyl (C=O) groups excluding carboxylic acids is 2. The molecular formula is C14H25NO3. The zero-order valence-corrected chi connectivity index (χ0v) is 12.0. The summed E-state index contributed by atoms with van der Waals surface area (Å²) in [6.07, 6.45) is 2.89. The molecule has 0 bridgehead atoms. The van der Waals surface area contributed by atoms with Crippen molar-refractivity contribution >= 4 is 11.9 Å². The van der Waals surface area contributed by atoms with Gasteiger partial charge in [-0.05, 0) is 40.0 Å². The number of nitrogens with zero attached hydrogens (tertiary/aromatic N) is 1. The Labute approximate surface area is 110 Å². The summed E-state index contributed by atoms with van der Waals surface area (Å²) < 4.78 is 5.36. The maximum atomic E-state index is 11.9. The zero-order valence-electron chi connectivity index (χ0n) is 12.0. The van der Waals surface area contributed by atoms with Crippen LogP contribution in [0.15, 0.2) is 0 Å². The van der Waals surface area contributed by atoms with Gasteiger partial charge in [-0.1, -0.05) is 6.92 Å². The summed E-state index contributed by atoms with van der Waals surface area (Å²) in [6, 6.07) is 0. The van der Waals surface area contributed by atoms with Crippen LogP contribution in [0.1, 0.15) is 53.4 Å². The standard InChI is InChI=1S/C14H25NO3/c1-5-12(16)11-7-6-9-15(10-8-11)13(17)18-14(2,3)4/h11H,5-10H2,1-4H3. The van der Waals surface area contributed by atoms with Gasteiger partial charge in [-0.2, -0.15) is 0 Å². The second kappa shape index (κ2) is 6.21. The van der Waals surface area contributed by atoms with Gasteiger partial charge in [0, 0.05) is 25.4 Å². The van der Waals surface area contributed by atoms with Gasteiger partial charge in [0.2, 0.25) is 0 Å². The Morgan fingerprint density at radius 2 is 1.89 bits per heavy atom. The van der Waals surface area contributed by atoms with Gasteiger partial charge >= 0.3 is 6.09 Å². The fourth-order valence-electron chi connectivity index (χ4n) is 2.22. The third-order valence-electron chi connectivity index (χ3n) is 3.18. The fourth-order valence-corrected chi connectivity index (χ4v) is 2.22. The van der Waals surface area contributed by atoms with Gasteiger partial charge in [0.05, 0.1) is 0 Å². The first-order valence-corrected chi connectivity index (χ1v) is 6.84. The van der Waals surface area contributed by atoms with Crippen LogP contribution in [0.25, 0.3) is 0 Å². The molecule has 1 aliphatic heterocycles. The van der Waals surface area contributed by atoms with E-state index in [1.807, 2.05) is 27.7 Å². The van der Waals surface area contributed by atoms with Gasteiger partial charge in [-0.15, -0.1) is 0 Å². The Morgan fingerprint density at radius 1 is 1.22 bits per heavy atom. The molecule has 1 heterocycles. The van der Waals surface area contributed by atoms with Crippen molar-refractivity contribution in [3.05, 3.63) is 0 Å². The molecule has 0 aromatic rings. The van der Waals surface area contributed by atoms with Crippen molar-refractivity contribution in [3.63, 3.8) is 0 Å². The average molecular weight is 255 g/mol. The normalized spacial score (nSPS) is 21.3. The number of ether oxygens (including phenoxy) is 1. The Bertz CT molecular complexity index is 307. The smallest absolute Gasteiger partial charge is 0.410 e. The van der Waals surface area contributed by atoms with Crippen LogP contribution in [-0.4, -0.2) is 35.5 Å². The number of ketones is 1. The summed E-state index contributed by atoms with van der Waals surface area (Å²) in [5.74, 6) is 0.448. The van der Waals surface area contributed by atoms with E-state index in [1.54, 1.807) is 4.90 Å². The number of amides is 1. The monoisotopic (exact) mass is 255 g/mol. The van der Waals surface area contributed by atoms with Gasteiger partial charge in [-0.3, -0.25) is 4.79 Å². The highest BCUT2D eigenvalue weighted by Crippen LogP contribution is 2.21. The maximum absolute atomic E-state index is 11.9. The highest BCUT2D eigenvalue weighted by atomic mass is 16.6. The Balaban J connectivity index is 2.51. The number of carbonyl (C=O) groups is 2. The van der Waals surface area contributed by atoms with Gasteiger partial charge in [-0.25, -0.2) is 4.79 Å².